The molecule has 152 valence electrons. The second kappa shape index (κ2) is 7.37. The quantitative estimate of drug-likeness (QED) is 0.459. The number of rotatable bonds is 3. The molecule has 0 saturated carbocycles. The fourth-order valence-electron chi connectivity index (χ4n) is 3.36. The van der Waals surface area contributed by atoms with E-state index in [1.807, 2.05) is 25.1 Å². The van der Waals surface area contributed by atoms with E-state index in [4.69, 9.17) is 16.1 Å². The maximum Gasteiger partial charge on any atom is 0.333 e. The standard InChI is InChI=1S/C23H15ClN4O3/c1-13-5-8-17(9-6-13)28-22(29)18-10-7-15(12-19(18)25-23(28)30)21-26-20(27-31-21)14-3-2-4-16(24)11-14/h2-12H,1H3,(H,25,30). The van der Waals surface area contributed by atoms with Crippen molar-refractivity contribution in [1.82, 2.24) is 19.7 Å². The summed E-state index contributed by atoms with van der Waals surface area (Å²) >= 11 is 6.03. The molecule has 0 aliphatic rings. The van der Waals surface area contributed by atoms with E-state index in [1.165, 1.54) is 0 Å². The smallest absolute Gasteiger partial charge is 0.333 e. The summed E-state index contributed by atoms with van der Waals surface area (Å²) in [6, 6.07) is 19.3. The number of halogens is 1. The first-order valence-electron chi connectivity index (χ1n) is 9.46. The number of benzene rings is 3. The molecule has 0 saturated heterocycles. The van der Waals surface area contributed by atoms with Crippen molar-refractivity contribution in [3.63, 3.8) is 0 Å². The number of aryl methyl sites for hydroxylation is 1. The topological polar surface area (TPSA) is 93.8 Å². The van der Waals surface area contributed by atoms with Gasteiger partial charge in [0.15, 0.2) is 0 Å². The Balaban J connectivity index is 1.59. The Morgan fingerprint density at radius 3 is 2.55 bits per heavy atom. The van der Waals surface area contributed by atoms with E-state index in [0.29, 0.717) is 33.0 Å². The van der Waals surface area contributed by atoms with Gasteiger partial charge in [-0.15, -0.1) is 0 Å². The summed E-state index contributed by atoms with van der Waals surface area (Å²) in [5, 5.41) is 4.94. The van der Waals surface area contributed by atoms with Crippen LogP contribution >= 0.6 is 11.6 Å². The van der Waals surface area contributed by atoms with Crippen LogP contribution in [0.3, 0.4) is 0 Å². The summed E-state index contributed by atoms with van der Waals surface area (Å²) in [6.07, 6.45) is 0. The molecule has 8 heteroatoms. The van der Waals surface area contributed by atoms with Gasteiger partial charge >= 0.3 is 5.69 Å². The third-order valence-corrected chi connectivity index (χ3v) is 5.18. The predicted octanol–water partition coefficient (Wildman–Crippen LogP) is 4.36. The molecule has 5 aromatic rings. The van der Waals surface area contributed by atoms with Crippen LogP contribution in [-0.4, -0.2) is 19.7 Å². The largest absolute Gasteiger partial charge is 0.334 e. The molecule has 0 bridgehead atoms. The van der Waals surface area contributed by atoms with E-state index in [1.54, 1.807) is 48.5 Å². The van der Waals surface area contributed by atoms with Gasteiger partial charge in [0.1, 0.15) is 0 Å². The van der Waals surface area contributed by atoms with Crippen molar-refractivity contribution in [3.05, 3.63) is 98.2 Å². The van der Waals surface area contributed by atoms with Gasteiger partial charge < -0.3 is 9.51 Å². The molecule has 2 aromatic heterocycles. The van der Waals surface area contributed by atoms with Crippen molar-refractivity contribution in [2.45, 2.75) is 6.92 Å². The highest BCUT2D eigenvalue weighted by atomic mass is 35.5. The summed E-state index contributed by atoms with van der Waals surface area (Å²) in [6.45, 7) is 1.94. The minimum atomic E-state index is -0.524. The third-order valence-electron chi connectivity index (χ3n) is 4.95. The van der Waals surface area contributed by atoms with Crippen LogP contribution in [0.1, 0.15) is 5.56 Å². The van der Waals surface area contributed by atoms with Gasteiger partial charge in [0.2, 0.25) is 5.82 Å². The van der Waals surface area contributed by atoms with Crippen molar-refractivity contribution >= 4 is 22.5 Å². The van der Waals surface area contributed by atoms with Crippen LogP contribution < -0.4 is 11.2 Å². The fraction of sp³-hybridized carbons (Fsp3) is 0.0435. The monoisotopic (exact) mass is 430 g/mol. The molecule has 0 atom stereocenters. The Labute approximate surface area is 180 Å². The molecule has 0 unspecified atom stereocenters. The Hall–Kier alpha value is -3.97. The highest BCUT2D eigenvalue weighted by Crippen LogP contribution is 2.25. The first kappa shape index (κ1) is 19.0. The zero-order valence-electron chi connectivity index (χ0n) is 16.3. The van der Waals surface area contributed by atoms with Gasteiger partial charge in [0, 0.05) is 16.1 Å². The Kier molecular flexibility index (Phi) is 4.52. The van der Waals surface area contributed by atoms with Gasteiger partial charge in [-0.1, -0.05) is 46.6 Å². The third kappa shape index (κ3) is 3.45. The maximum atomic E-state index is 13.0. The molecular weight excluding hydrogens is 416 g/mol. The second-order valence-corrected chi connectivity index (χ2v) is 7.54. The number of nitrogens with one attached hydrogen (secondary N) is 1. The van der Waals surface area contributed by atoms with Gasteiger partial charge in [-0.05, 0) is 49.4 Å². The van der Waals surface area contributed by atoms with Crippen molar-refractivity contribution in [3.8, 4) is 28.5 Å². The Morgan fingerprint density at radius 1 is 0.968 bits per heavy atom. The molecule has 0 amide bonds. The lowest BCUT2D eigenvalue weighted by Gasteiger charge is -2.07. The van der Waals surface area contributed by atoms with E-state index in [9.17, 15) is 9.59 Å². The van der Waals surface area contributed by atoms with Gasteiger partial charge in [0.25, 0.3) is 11.4 Å². The van der Waals surface area contributed by atoms with Gasteiger partial charge in [0.05, 0.1) is 16.6 Å². The van der Waals surface area contributed by atoms with Crippen LogP contribution in [-0.2, 0) is 0 Å². The average molecular weight is 431 g/mol. The minimum absolute atomic E-state index is 0.264. The summed E-state index contributed by atoms with van der Waals surface area (Å²) < 4.78 is 6.50. The van der Waals surface area contributed by atoms with Crippen LogP contribution in [0, 0.1) is 6.92 Å². The average Bonchev–Trinajstić information content (AvgIpc) is 3.25. The Bertz CT molecular complexity index is 1550. The lowest BCUT2D eigenvalue weighted by molar-refractivity contribution is 0.432. The zero-order chi connectivity index (χ0) is 21.5. The molecule has 0 aliphatic heterocycles. The normalized spacial score (nSPS) is 11.2. The fourth-order valence-corrected chi connectivity index (χ4v) is 3.56. The molecular formula is C23H15ClN4O3. The number of hydrogen-bond donors (Lipinski definition) is 1. The van der Waals surface area contributed by atoms with Crippen molar-refractivity contribution in [2.75, 3.05) is 0 Å². The highest BCUT2D eigenvalue weighted by Gasteiger charge is 2.14. The van der Waals surface area contributed by atoms with E-state index < -0.39 is 11.2 Å². The number of H-pyrrole nitrogens is 1. The van der Waals surface area contributed by atoms with Crippen LogP contribution in [0.4, 0.5) is 0 Å². The zero-order valence-corrected chi connectivity index (χ0v) is 17.1. The number of hydrogen-bond acceptors (Lipinski definition) is 5. The van der Waals surface area contributed by atoms with E-state index in [2.05, 4.69) is 15.1 Å². The summed E-state index contributed by atoms with van der Waals surface area (Å²) in [4.78, 5) is 32.8. The molecule has 7 nitrogen and oxygen atoms in total. The minimum Gasteiger partial charge on any atom is -0.334 e. The lowest BCUT2D eigenvalue weighted by atomic mass is 10.1. The first-order valence-corrected chi connectivity index (χ1v) is 9.83. The van der Waals surface area contributed by atoms with Gasteiger partial charge in [-0.2, -0.15) is 4.98 Å². The maximum absolute atomic E-state index is 13.0. The number of aromatic nitrogens is 4. The number of nitrogens with zero attached hydrogens (tertiary/aromatic N) is 3. The lowest BCUT2D eigenvalue weighted by Crippen LogP contribution is -2.33. The molecule has 0 radical (unpaired) electrons. The van der Waals surface area contributed by atoms with E-state index in [0.717, 1.165) is 15.7 Å². The van der Waals surface area contributed by atoms with Crippen molar-refractivity contribution < 1.29 is 4.52 Å². The summed E-state index contributed by atoms with van der Waals surface area (Å²) in [5.41, 5.74) is 2.30. The van der Waals surface area contributed by atoms with E-state index in [-0.39, 0.29) is 5.89 Å². The van der Waals surface area contributed by atoms with Crippen molar-refractivity contribution in [1.29, 1.82) is 0 Å². The van der Waals surface area contributed by atoms with Crippen LogP contribution in [0.5, 0.6) is 0 Å². The van der Waals surface area contributed by atoms with Gasteiger partial charge in [-0.25, -0.2) is 9.36 Å². The SMILES string of the molecule is Cc1ccc(-n2c(=O)[nH]c3cc(-c4nc(-c5cccc(Cl)c5)no4)ccc3c2=O)cc1. The number of aromatic amines is 1. The molecule has 1 N–H and O–H groups in total. The number of fused-ring (bicyclic) bond motifs is 1. The predicted molar refractivity (Wildman–Crippen MR) is 119 cm³/mol. The summed E-state index contributed by atoms with van der Waals surface area (Å²) in [7, 11) is 0. The van der Waals surface area contributed by atoms with Gasteiger partial charge in [-0.3, -0.25) is 4.79 Å². The Morgan fingerprint density at radius 2 is 1.77 bits per heavy atom. The van der Waals surface area contributed by atoms with Crippen LogP contribution in [0.2, 0.25) is 5.02 Å². The highest BCUT2D eigenvalue weighted by molar-refractivity contribution is 6.30. The first-order chi connectivity index (χ1) is 15.0. The summed E-state index contributed by atoms with van der Waals surface area (Å²) in [5.74, 6) is 0.654. The molecule has 0 fully saturated rings. The molecule has 0 spiro atoms. The molecule has 2 heterocycles. The van der Waals surface area contributed by atoms with E-state index >= 15 is 0 Å². The van der Waals surface area contributed by atoms with Crippen LogP contribution in [0.15, 0.2) is 80.8 Å². The second-order valence-electron chi connectivity index (χ2n) is 7.10. The molecule has 3 aromatic carbocycles. The van der Waals surface area contributed by atoms with Crippen LogP contribution in [0.25, 0.3) is 39.4 Å². The van der Waals surface area contributed by atoms with Crippen molar-refractivity contribution in [2.24, 2.45) is 0 Å². The molecule has 0 aliphatic carbocycles. The molecule has 31 heavy (non-hydrogen) atoms. The molecule has 5 rings (SSSR count).